The third kappa shape index (κ3) is 2.79. The van der Waals surface area contributed by atoms with E-state index in [9.17, 15) is 13.2 Å². The van der Waals surface area contributed by atoms with Gasteiger partial charge in [-0.3, -0.25) is 0 Å². The third-order valence-electron chi connectivity index (χ3n) is 3.33. The first-order chi connectivity index (χ1) is 8.00. The Kier molecular flexibility index (Phi) is 3.40. The van der Waals surface area contributed by atoms with Crippen LogP contribution in [0.1, 0.15) is 29.9 Å². The molecule has 17 heavy (non-hydrogen) atoms. The molecule has 0 spiro atoms. The summed E-state index contributed by atoms with van der Waals surface area (Å²) in [5.74, 6) is 0.753. The molecule has 1 saturated carbocycles. The van der Waals surface area contributed by atoms with Crippen LogP contribution in [0.15, 0.2) is 24.3 Å². The zero-order chi connectivity index (χ0) is 12.5. The molecule has 1 aliphatic carbocycles. The van der Waals surface area contributed by atoms with E-state index in [4.69, 9.17) is 5.21 Å². The van der Waals surface area contributed by atoms with Crippen molar-refractivity contribution in [2.75, 3.05) is 6.54 Å². The van der Waals surface area contributed by atoms with Crippen LogP contribution in [-0.4, -0.2) is 11.8 Å². The summed E-state index contributed by atoms with van der Waals surface area (Å²) < 4.78 is 37.0. The lowest BCUT2D eigenvalue weighted by Gasteiger charge is -2.35. The summed E-state index contributed by atoms with van der Waals surface area (Å²) in [6, 6.07) is 5.37. The first kappa shape index (κ1) is 12.4. The van der Waals surface area contributed by atoms with Crippen LogP contribution < -0.4 is 5.48 Å². The molecular weight excluding hydrogens is 231 g/mol. The van der Waals surface area contributed by atoms with Gasteiger partial charge < -0.3 is 5.21 Å². The van der Waals surface area contributed by atoms with Crippen LogP contribution in [0.4, 0.5) is 13.2 Å². The minimum absolute atomic E-state index is 0.329. The summed E-state index contributed by atoms with van der Waals surface area (Å²) in [5, 5.41) is 8.51. The molecule has 5 heteroatoms. The summed E-state index contributed by atoms with van der Waals surface area (Å²) in [6.45, 7) is 0.553. The molecule has 94 valence electrons. The fourth-order valence-electron chi connectivity index (χ4n) is 2.25. The lowest BCUT2D eigenvalue weighted by molar-refractivity contribution is -0.137. The van der Waals surface area contributed by atoms with E-state index in [0.29, 0.717) is 18.4 Å². The van der Waals surface area contributed by atoms with Gasteiger partial charge in [0.25, 0.3) is 0 Å². The summed E-state index contributed by atoms with van der Waals surface area (Å²) in [6.07, 6.45) is -2.43. The molecule has 1 fully saturated rings. The Morgan fingerprint density at radius 3 is 2.24 bits per heavy atom. The Morgan fingerprint density at radius 1 is 1.18 bits per heavy atom. The van der Waals surface area contributed by atoms with Crippen molar-refractivity contribution >= 4 is 0 Å². The van der Waals surface area contributed by atoms with Crippen molar-refractivity contribution in [1.29, 1.82) is 0 Å². The Hall–Kier alpha value is -1.07. The maximum absolute atomic E-state index is 12.3. The molecule has 0 amide bonds. The predicted molar refractivity (Wildman–Crippen MR) is 56.7 cm³/mol. The fraction of sp³-hybridized carbons (Fsp3) is 0.500. The van der Waals surface area contributed by atoms with Crippen LogP contribution in [-0.2, 0) is 6.18 Å². The minimum Gasteiger partial charge on any atom is -0.317 e. The Morgan fingerprint density at radius 2 is 1.76 bits per heavy atom. The number of halogens is 3. The first-order valence-corrected chi connectivity index (χ1v) is 5.55. The van der Waals surface area contributed by atoms with Gasteiger partial charge in [0.2, 0.25) is 0 Å². The molecule has 0 saturated heterocycles. The van der Waals surface area contributed by atoms with Gasteiger partial charge in [-0.05, 0) is 42.4 Å². The molecule has 2 N–H and O–H groups in total. The average molecular weight is 245 g/mol. The molecule has 0 bridgehead atoms. The highest BCUT2D eigenvalue weighted by Gasteiger charge is 2.32. The molecule has 0 aromatic heterocycles. The molecule has 1 aromatic carbocycles. The zero-order valence-corrected chi connectivity index (χ0v) is 9.17. The fourth-order valence-corrected chi connectivity index (χ4v) is 2.25. The summed E-state index contributed by atoms with van der Waals surface area (Å²) in [5.41, 5.74) is 2.47. The molecular formula is C12H14F3NO. The molecule has 0 radical (unpaired) electrons. The van der Waals surface area contributed by atoms with Crippen LogP contribution in [0, 0.1) is 5.92 Å². The topological polar surface area (TPSA) is 32.3 Å². The number of nitrogens with one attached hydrogen (secondary N) is 1. The third-order valence-corrected chi connectivity index (χ3v) is 3.33. The first-order valence-electron chi connectivity index (χ1n) is 5.55. The number of hydrogen-bond acceptors (Lipinski definition) is 2. The van der Waals surface area contributed by atoms with Gasteiger partial charge in [-0.1, -0.05) is 12.1 Å². The van der Waals surface area contributed by atoms with Gasteiger partial charge in [0, 0.05) is 6.54 Å². The Balaban J connectivity index is 1.96. The monoisotopic (exact) mass is 245 g/mol. The van der Waals surface area contributed by atoms with E-state index in [1.807, 2.05) is 0 Å². The number of benzene rings is 1. The summed E-state index contributed by atoms with van der Waals surface area (Å²) >= 11 is 0. The van der Waals surface area contributed by atoms with Crippen LogP contribution in [0.2, 0.25) is 0 Å². The maximum Gasteiger partial charge on any atom is 0.416 e. The van der Waals surface area contributed by atoms with E-state index in [1.165, 1.54) is 0 Å². The van der Waals surface area contributed by atoms with E-state index >= 15 is 0 Å². The molecule has 2 nitrogen and oxygen atoms in total. The van der Waals surface area contributed by atoms with Crippen LogP contribution in [0.3, 0.4) is 0 Å². The van der Waals surface area contributed by atoms with E-state index in [2.05, 4.69) is 5.48 Å². The number of alkyl halides is 3. The molecule has 0 unspecified atom stereocenters. The normalized spacial score (nSPS) is 24.5. The van der Waals surface area contributed by atoms with E-state index in [-0.39, 0.29) is 0 Å². The van der Waals surface area contributed by atoms with Crippen molar-refractivity contribution < 1.29 is 18.4 Å². The van der Waals surface area contributed by atoms with Gasteiger partial charge in [0.05, 0.1) is 5.56 Å². The van der Waals surface area contributed by atoms with Gasteiger partial charge in [0.15, 0.2) is 0 Å². The van der Waals surface area contributed by atoms with Crippen molar-refractivity contribution in [3.05, 3.63) is 35.4 Å². The second-order valence-corrected chi connectivity index (χ2v) is 4.52. The zero-order valence-electron chi connectivity index (χ0n) is 9.17. The SMILES string of the molecule is ONCC1CC(c2ccc(C(F)(F)F)cc2)C1. The van der Waals surface area contributed by atoms with Gasteiger partial charge >= 0.3 is 6.18 Å². The Bertz CT molecular complexity index is 368. The molecule has 0 atom stereocenters. The van der Waals surface area contributed by atoms with Crippen molar-refractivity contribution in [2.24, 2.45) is 5.92 Å². The molecule has 1 aliphatic rings. The number of rotatable bonds is 3. The highest BCUT2D eigenvalue weighted by Crippen LogP contribution is 2.41. The van der Waals surface area contributed by atoms with Gasteiger partial charge in [-0.2, -0.15) is 13.2 Å². The highest BCUT2D eigenvalue weighted by atomic mass is 19.4. The van der Waals surface area contributed by atoms with Crippen LogP contribution in [0.5, 0.6) is 0 Å². The predicted octanol–water partition coefficient (Wildman–Crippen LogP) is 3.18. The minimum atomic E-state index is -4.26. The van der Waals surface area contributed by atoms with Crippen LogP contribution >= 0.6 is 0 Å². The summed E-state index contributed by atoms with van der Waals surface area (Å²) in [4.78, 5) is 0. The molecule has 0 heterocycles. The average Bonchev–Trinajstić information content (AvgIpc) is 2.22. The van der Waals surface area contributed by atoms with Gasteiger partial charge in [-0.15, -0.1) is 0 Å². The second kappa shape index (κ2) is 4.66. The van der Waals surface area contributed by atoms with Crippen molar-refractivity contribution in [2.45, 2.75) is 24.9 Å². The largest absolute Gasteiger partial charge is 0.416 e. The maximum atomic E-state index is 12.3. The molecule has 0 aliphatic heterocycles. The highest BCUT2D eigenvalue weighted by molar-refractivity contribution is 5.28. The number of hydroxylamine groups is 1. The van der Waals surface area contributed by atoms with Crippen LogP contribution in [0.25, 0.3) is 0 Å². The standard InChI is InChI=1S/C12H14F3NO/c13-12(14,15)11-3-1-9(2-4-11)10-5-8(6-10)7-16-17/h1-4,8,10,16-17H,5-7H2. The van der Waals surface area contributed by atoms with Crippen molar-refractivity contribution in [1.82, 2.24) is 5.48 Å². The summed E-state index contributed by atoms with van der Waals surface area (Å²) in [7, 11) is 0. The lowest BCUT2D eigenvalue weighted by Crippen LogP contribution is -2.30. The number of hydrogen-bond donors (Lipinski definition) is 2. The van der Waals surface area contributed by atoms with E-state index in [1.54, 1.807) is 12.1 Å². The second-order valence-electron chi connectivity index (χ2n) is 4.52. The van der Waals surface area contributed by atoms with Crippen molar-refractivity contribution in [3.8, 4) is 0 Å². The van der Waals surface area contributed by atoms with Gasteiger partial charge in [-0.25, -0.2) is 5.48 Å². The lowest BCUT2D eigenvalue weighted by atomic mass is 9.71. The molecule has 2 rings (SSSR count). The quantitative estimate of drug-likeness (QED) is 0.801. The van der Waals surface area contributed by atoms with Gasteiger partial charge in [0.1, 0.15) is 0 Å². The Labute approximate surface area is 97.4 Å². The van der Waals surface area contributed by atoms with E-state index < -0.39 is 11.7 Å². The van der Waals surface area contributed by atoms with Crippen molar-refractivity contribution in [3.63, 3.8) is 0 Å². The molecule has 1 aromatic rings. The smallest absolute Gasteiger partial charge is 0.317 e. The van der Waals surface area contributed by atoms with E-state index in [0.717, 1.165) is 30.5 Å².